The highest BCUT2D eigenvalue weighted by atomic mass is 127. The summed E-state index contributed by atoms with van der Waals surface area (Å²) in [6.07, 6.45) is -14.9. The van der Waals surface area contributed by atoms with Gasteiger partial charge in [0.25, 0.3) is 0 Å². The number of hydrogen-bond acceptors (Lipinski definition) is 0. The molecule has 0 nitrogen and oxygen atoms in total. The summed E-state index contributed by atoms with van der Waals surface area (Å²) in [5, 5.41) is 0. The molecular formula is C69H64F11I3S+4. The second kappa shape index (κ2) is 29.4. The summed E-state index contributed by atoms with van der Waals surface area (Å²) in [4.78, 5) is -0.0254. The van der Waals surface area contributed by atoms with E-state index in [1.165, 1.54) is 62.7 Å². The van der Waals surface area contributed by atoms with Gasteiger partial charge < -0.3 is 0 Å². The van der Waals surface area contributed by atoms with Gasteiger partial charge in [-0.2, -0.15) is 39.5 Å². The van der Waals surface area contributed by atoms with Crippen molar-refractivity contribution in [2.45, 2.75) is 113 Å². The Morgan fingerprint density at radius 3 is 0.881 bits per heavy atom. The van der Waals surface area contributed by atoms with Gasteiger partial charge in [0.2, 0.25) is 0 Å². The van der Waals surface area contributed by atoms with Crippen LogP contribution in [0.1, 0.15) is 91.6 Å². The van der Waals surface area contributed by atoms with Gasteiger partial charge in [-0.15, -0.1) is 0 Å². The summed E-state index contributed by atoms with van der Waals surface area (Å²) in [7, 11) is -1.69. The van der Waals surface area contributed by atoms with Gasteiger partial charge in [0.15, 0.2) is 36.1 Å². The van der Waals surface area contributed by atoms with E-state index in [2.05, 4.69) is 151 Å². The molecule has 0 aliphatic heterocycles. The highest BCUT2D eigenvalue weighted by Gasteiger charge is 2.43. The van der Waals surface area contributed by atoms with Gasteiger partial charge in [0.1, 0.15) is 11.6 Å². The second-order valence-electron chi connectivity index (χ2n) is 21.6. The van der Waals surface area contributed by atoms with Crippen molar-refractivity contribution in [3.63, 3.8) is 0 Å². The van der Waals surface area contributed by atoms with Crippen molar-refractivity contribution in [1.82, 2.24) is 0 Å². The number of halogens is 14. The monoisotopic (exact) mass is 1510 g/mol. The maximum absolute atomic E-state index is 13.6. The van der Waals surface area contributed by atoms with Crippen LogP contribution in [0.3, 0.4) is 0 Å². The molecule has 1 unspecified atom stereocenters. The van der Waals surface area contributed by atoms with Gasteiger partial charge in [-0.05, 0) is 170 Å². The van der Waals surface area contributed by atoms with Crippen molar-refractivity contribution in [2.24, 2.45) is 0 Å². The Kier molecular flexibility index (Phi) is 23.8. The van der Waals surface area contributed by atoms with Crippen LogP contribution >= 0.6 is 0 Å². The molecule has 440 valence electrons. The first-order chi connectivity index (χ1) is 39.2. The summed E-state index contributed by atoms with van der Waals surface area (Å²) < 4.78 is 156. The van der Waals surface area contributed by atoms with Gasteiger partial charge in [-0.3, -0.25) is 0 Å². The summed E-state index contributed by atoms with van der Waals surface area (Å²) in [6.45, 7) is 20.0. The molecule has 0 aliphatic carbocycles. The first kappa shape index (κ1) is 67.9. The van der Waals surface area contributed by atoms with E-state index in [0.717, 1.165) is 24.8 Å². The standard InChI is InChI=1S/C25H20F9S.C20H26I.C12H8F2I.C12H10I/c1-13-5-15(3)22(16(4)6-13)35(20-8-14(2)7-17(10-20)23(26,27)28)21-11-18(24(29,30)31)9-19(12-21)25(32,33)34;1-19(2,3)15-7-11-17(12-8-15)21-18-13-9-16(10-14-18)20(4,5)6;13-9-1-5-11(6-2-9)15-12-7-3-10(14)4-8-12;1-3-7-11(8-4-1)13-12-9-5-2-6-10-12/h5-12H,1-4H3;7-14H,1-6H3;1-8H;1-10H/q4*+1. The molecule has 0 aliphatic rings. The Morgan fingerprint density at radius 2 is 0.571 bits per heavy atom. The highest BCUT2D eigenvalue weighted by Crippen LogP contribution is 2.44. The van der Waals surface area contributed by atoms with Gasteiger partial charge >= 0.3 is 82.1 Å². The van der Waals surface area contributed by atoms with Gasteiger partial charge in [0.05, 0.1) is 27.6 Å². The van der Waals surface area contributed by atoms with Crippen molar-refractivity contribution >= 4 is 10.9 Å². The molecule has 0 saturated heterocycles. The molecule has 9 rings (SSSR count). The molecule has 0 aromatic heterocycles. The molecule has 1 atom stereocenters. The summed E-state index contributed by atoms with van der Waals surface area (Å²) in [5.41, 5.74) is 1.31. The van der Waals surface area contributed by atoms with Crippen molar-refractivity contribution in [3.05, 3.63) is 289 Å². The zero-order valence-electron chi connectivity index (χ0n) is 47.8. The zero-order chi connectivity index (χ0) is 61.8. The summed E-state index contributed by atoms with van der Waals surface area (Å²) >= 11 is -0.372. The van der Waals surface area contributed by atoms with Gasteiger partial charge in [0, 0.05) is 29.3 Å². The normalized spacial score (nSPS) is 12.2. The minimum absolute atomic E-state index is 0.0112. The van der Waals surface area contributed by atoms with E-state index < -0.39 is 46.1 Å². The third kappa shape index (κ3) is 21.0. The Balaban J connectivity index is 0.000000195. The Bertz CT molecular complexity index is 3340. The van der Waals surface area contributed by atoms with Crippen LogP contribution < -0.4 is 63.6 Å². The summed E-state index contributed by atoms with van der Waals surface area (Å²) in [5.74, 6) is -0.441. The lowest BCUT2D eigenvalue weighted by Gasteiger charge is -2.18. The number of hydrogen-bond donors (Lipinski definition) is 0. The molecule has 0 amide bonds. The van der Waals surface area contributed by atoms with Crippen LogP contribution in [-0.4, -0.2) is 0 Å². The lowest BCUT2D eigenvalue weighted by atomic mass is 9.87. The lowest BCUT2D eigenvalue weighted by Crippen LogP contribution is -3.61. The quantitative estimate of drug-likeness (QED) is 0.0768. The third-order valence-corrected chi connectivity index (χ3v) is 22.9. The summed E-state index contributed by atoms with van der Waals surface area (Å²) in [6, 6.07) is 60.4. The van der Waals surface area contributed by atoms with Crippen molar-refractivity contribution in [2.75, 3.05) is 0 Å². The molecule has 0 heterocycles. The van der Waals surface area contributed by atoms with Crippen molar-refractivity contribution < 1.29 is 112 Å². The average molecular weight is 1520 g/mol. The van der Waals surface area contributed by atoms with Crippen LogP contribution in [0.4, 0.5) is 48.3 Å². The second-order valence-corrected chi connectivity index (χ2v) is 32.6. The minimum atomic E-state index is -5.09. The molecule has 0 saturated carbocycles. The van der Waals surface area contributed by atoms with E-state index in [-0.39, 0.29) is 108 Å². The van der Waals surface area contributed by atoms with Gasteiger partial charge in [-0.1, -0.05) is 120 Å². The number of rotatable bonds is 9. The van der Waals surface area contributed by atoms with Gasteiger partial charge in [-0.25, -0.2) is 8.78 Å². The molecule has 0 spiro atoms. The maximum Gasteiger partial charge on any atom is 0.416 e. The molecule has 84 heavy (non-hydrogen) atoms. The first-order valence-corrected chi connectivity index (χ1v) is 34.0. The number of alkyl halides is 9. The van der Waals surface area contributed by atoms with Crippen LogP contribution in [0.15, 0.2) is 221 Å². The van der Waals surface area contributed by atoms with Crippen LogP contribution in [0.5, 0.6) is 0 Å². The fourth-order valence-corrected chi connectivity index (χ4v) is 17.4. The van der Waals surface area contributed by atoms with Crippen LogP contribution in [-0.2, 0) is 40.3 Å². The number of aryl methyl sites for hydroxylation is 4. The zero-order valence-corrected chi connectivity index (χ0v) is 55.1. The van der Waals surface area contributed by atoms with E-state index in [4.69, 9.17) is 0 Å². The first-order valence-electron chi connectivity index (χ1n) is 26.3. The SMILES string of the molecule is CC(C)(C)c1ccc([I+]c2ccc(C(C)(C)C)cc2)cc1.Cc1cc([S+](c2cc(C(F)(F)F)cc(C(F)(F)F)c2)c2c(C)cc(C)cc2C)cc(C(F)(F)F)c1.Fc1ccc([I+]c2ccc(F)cc2)cc1.c1ccc([I+]c2ccccc2)cc1. The Labute approximate surface area is 520 Å². The van der Waals surface area contributed by atoms with E-state index in [0.29, 0.717) is 28.2 Å². The van der Waals surface area contributed by atoms with E-state index >= 15 is 0 Å². The molecule has 9 aromatic carbocycles. The van der Waals surface area contributed by atoms with E-state index in [1.807, 2.05) is 0 Å². The van der Waals surface area contributed by atoms with Crippen LogP contribution in [0.25, 0.3) is 0 Å². The predicted octanol–water partition coefficient (Wildman–Crippen LogP) is 11.4. The molecule has 0 fully saturated rings. The van der Waals surface area contributed by atoms with Crippen LogP contribution in [0, 0.1) is 60.8 Å². The minimum Gasteiger partial charge on any atom is -0.207 e. The molecule has 0 N–H and O–H groups in total. The third-order valence-electron chi connectivity index (χ3n) is 12.4. The maximum atomic E-state index is 13.6. The van der Waals surface area contributed by atoms with E-state index in [1.54, 1.807) is 57.2 Å². The molecule has 0 radical (unpaired) electrons. The number of benzene rings is 9. The van der Waals surface area contributed by atoms with E-state index in [9.17, 15) is 48.3 Å². The molecule has 9 aromatic rings. The molecule has 15 heteroatoms. The fraction of sp³-hybridized carbons (Fsp3) is 0.217. The lowest BCUT2D eigenvalue weighted by molar-refractivity contribution is -0.597. The smallest absolute Gasteiger partial charge is 0.207 e. The molecular weight excluding hydrogens is 1450 g/mol. The average Bonchev–Trinajstić information content (AvgIpc) is 2.81. The van der Waals surface area contributed by atoms with Crippen molar-refractivity contribution in [3.8, 4) is 0 Å². The van der Waals surface area contributed by atoms with Crippen LogP contribution in [0.2, 0.25) is 0 Å². The highest BCUT2D eigenvalue weighted by molar-refractivity contribution is 7.97. The fourth-order valence-electron chi connectivity index (χ4n) is 8.28. The van der Waals surface area contributed by atoms with Crippen molar-refractivity contribution in [1.29, 1.82) is 0 Å². The predicted molar refractivity (Wildman–Crippen MR) is 304 cm³/mol. The molecule has 0 bridgehead atoms. The Morgan fingerprint density at radius 1 is 0.298 bits per heavy atom. The topological polar surface area (TPSA) is 0 Å². The Hall–Kier alpha value is -5.25. The largest absolute Gasteiger partial charge is 0.416 e.